The molecule has 1 fully saturated rings. The second-order valence-corrected chi connectivity index (χ2v) is 10.5. The Bertz CT molecular complexity index is 476. The molecule has 0 saturated heterocycles. The predicted octanol–water partition coefficient (Wildman–Crippen LogP) is 2.35. The topological polar surface area (TPSA) is 117 Å². The first-order valence-corrected chi connectivity index (χ1v) is 13.8. The van der Waals surface area contributed by atoms with Gasteiger partial charge in [-0.25, -0.2) is 0 Å². The van der Waals surface area contributed by atoms with Crippen molar-refractivity contribution in [3.8, 4) is 0 Å². The summed E-state index contributed by atoms with van der Waals surface area (Å²) in [5.41, 5.74) is 11.6. The van der Waals surface area contributed by atoms with Crippen molar-refractivity contribution in [1.29, 1.82) is 0 Å². The van der Waals surface area contributed by atoms with E-state index in [0.717, 1.165) is 89.1 Å². The molecule has 0 bridgehead atoms. The molecule has 0 radical (unpaired) electrons. The maximum atomic E-state index is 12.2. The second-order valence-electron chi connectivity index (χ2n) is 10.5. The van der Waals surface area contributed by atoms with Crippen LogP contribution in [-0.2, 0) is 4.79 Å². The largest absolute Gasteiger partial charge is 0.355 e. The van der Waals surface area contributed by atoms with Crippen molar-refractivity contribution in [1.82, 2.24) is 21.3 Å². The Morgan fingerprint density at radius 2 is 1.52 bits per heavy atom. The molecule has 1 aliphatic rings. The van der Waals surface area contributed by atoms with Crippen LogP contribution in [0, 0.1) is 17.8 Å². The van der Waals surface area contributed by atoms with Gasteiger partial charge in [-0.2, -0.15) is 0 Å². The van der Waals surface area contributed by atoms with Gasteiger partial charge in [0.25, 0.3) is 0 Å². The highest BCUT2D eigenvalue weighted by Gasteiger charge is 2.29. The molecule has 1 amide bonds. The van der Waals surface area contributed by atoms with E-state index in [1.54, 1.807) is 0 Å². The van der Waals surface area contributed by atoms with E-state index >= 15 is 0 Å². The number of carbonyl (C=O) groups is 1. The fraction of sp³-hybridized carbons (Fsp3) is 0.962. The van der Waals surface area contributed by atoms with Crippen LogP contribution in [0.2, 0.25) is 0 Å². The van der Waals surface area contributed by atoms with E-state index in [-0.39, 0.29) is 11.9 Å². The normalized spacial score (nSPS) is 21.9. The van der Waals surface area contributed by atoms with E-state index in [1.165, 1.54) is 32.1 Å². The van der Waals surface area contributed by atoms with Gasteiger partial charge in [-0.05, 0) is 108 Å². The van der Waals surface area contributed by atoms with Crippen LogP contribution >= 0.6 is 0 Å². The summed E-state index contributed by atoms with van der Waals surface area (Å²) in [6.07, 6.45) is 11.2. The van der Waals surface area contributed by atoms with Crippen molar-refractivity contribution < 1.29 is 4.79 Å². The van der Waals surface area contributed by atoms with Gasteiger partial charge < -0.3 is 32.7 Å². The minimum absolute atomic E-state index is 0.00695. The minimum atomic E-state index is -0.386. The summed E-state index contributed by atoms with van der Waals surface area (Å²) in [5, 5.41) is 13.6. The van der Waals surface area contributed by atoms with E-state index in [9.17, 15) is 4.79 Å². The van der Waals surface area contributed by atoms with E-state index in [1.807, 2.05) is 0 Å². The Hall–Kier alpha value is -0.730. The average Bonchev–Trinajstić information content (AvgIpc) is 2.79. The van der Waals surface area contributed by atoms with Gasteiger partial charge in [-0.1, -0.05) is 33.6 Å². The Kier molecular flexibility index (Phi) is 18.0. The van der Waals surface area contributed by atoms with Gasteiger partial charge >= 0.3 is 0 Å². The number of nitrogens with two attached hydrogens (primary N) is 2. The lowest BCUT2D eigenvalue weighted by molar-refractivity contribution is -0.122. The van der Waals surface area contributed by atoms with Crippen molar-refractivity contribution >= 4 is 5.91 Å². The third-order valence-corrected chi connectivity index (χ3v) is 7.05. The molecular weight excluding hydrogens is 412 g/mol. The highest BCUT2D eigenvalue weighted by Crippen LogP contribution is 2.33. The summed E-state index contributed by atoms with van der Waals surface area (Å²) < 4.78 is 0. The molecule has 2 unspecified atom stereocenters. The van der Waals surface area contributed by atoms with Gasteiger partial charge in [0.15, 0.2) is 0 Å². The number of nitrogens with one attached hydrogen (secondary N) is 4. The van der Waals surface area contributed by atoms with E-state index in [0.29, 0.717) is 12.6 Å². The lowest BCUT2D eigenvalue weighted by atomic mass is 9.74. The second kappa shape index (κ2) is 19.6. The van der Waals surface area contributed by atoms with Crippen LogP contribution in [0.3, 0.4) is 0 Å². The van der Waals surface area contributed by atoms with Crippen LogP contribution in [0.1, 0.15) is 85.0 Å². The fourth-order valence-electron chi connectivity index (χ4n) is 4.88. The highest BCUT2D eigenvalue weighted by molar-refractivity contribution is 5.81. The van der Waals surface area contributed by atoms with Crippen LogP contribution in [0.25, 0.3) is 0 Å². The summed E-state index contributed by atoms with van der Waals surface area (Å²) in [5.74, 6) is 2.37. The lowest BCUT2D eigenvalue weighted by Crippen LogP contribution is -2.43. The van der Waals surface area contributed by atoms with E-state index in [4.69, 9.17) is 11.5 Å². The zero-order chi connectivity index (χ0) is 24.3. The highest BCUT2D eigenvalue weighted by atomic mass is 16.2. The molecule has 8 N–H and O–H groups in total. The van der Waals surface area contributed by atoms with E-state index < -0.39 is 0 Å². The van der Waals surface area contributed by atoms with Gasteiger partial charge in [-0.3, -0.25) is 4.79 Å². The van der Waals surface area contributed by atoms with Crippen molar-refractivity contribution in [2.75, 3.05) is 45.8 Å². The molecule has 0 aromatic heterocycles. The molecule has 1 saturated carbocycles. The maximum Gasteiger partial charge on any atom is 0.236 e. The Morgan fingerprint density at radius 3 is 2.18 bits per heavy atom. The molecular formula is C26H56N6O. The first kappa shape index (κ1) is 30.3. The number of hydrogen-bond acceptors (Lipinski definition) is 6. The third kappa shape index (κ3) is 15.0. The summed E-state index contributed by atoms with van der Waals surface area (Å²) >= 11 is 0. The maximum absolute atomic E-state index is 12.2. The van der Waals surface area contributed by atoms with Gasteiger partial charge in [0.1, 0.15) is 0 Å². The molecule has 4 atom stereocenters. The smallest absolute Gasteiger partial charge is 0.236 e. The van der Waals surface area contributed by atoms with Crippen molar-refractivity contribution in [2.45, 2.75) is 97.1 Å². The quantitative estimate of drug-likeness (QED) is 0.153. The molecule has 0 aromatic carbocycles. The zero-order valence-electron chi connectivity index (χ0n) is 22.0. The standard InChI is InChI=1S/C26H56N6O/c1-21(2)23-12-11-22(3)20-25(23)31-18-5-4-10-24(28)26(33)32-19-9-17-30-15-7-6-14-29-16-8-13-27/h21-25,29-31H,4-20,27-28H2,1-3H3,(H,32,33)/t22?,23-,24-,25?/m0/s1. The van der Waals surface area contributed by atoms with Crippen molar-refractivity contribution in [3.05, 3.63) is 0 Å². The van der Waals surface area contributed by atoms with Gasteiger partial charge in [0.2, 0.25) is 5.91 Å². The number of carbonyl (C=O) groups excluding carboxylic acids is 1. The Morgan fingerprint density at radius 1 is 0.879 bits per heavy atom. The lowest BCUT2D eigenvalue weighted by Gasteiger charge is -2.38. The van der Waals surface area contributed by atoms with Gasteiger partial charge in [0, 0.05) is 12.6 Å². The summed E-state index contributed by atoms with van der Waals surface area (Å²) in [6.45, 7) is 13.6. The van der Waals surface area contributed by atoms with E-state index in [2.05, 4.69) is 42.0 Å². The van der Waals surface area contributed by atoms with Crippen molar-refractivity contribution in [2.24, 2.45) is 29.2 Å². The van der Waals surface area contributed by atoms with Crippen molar-refractivity contribution in [3.63, 3.8) is 0 Å². The fourth-order valence-corrected chi connectivity index (χ4v) is 4.88. The number of hydrogen-bond donors (Lipinski definition) is 6. The summed E-state index contributed by atoms with van der Waals surface area (Å²) in [6, 6.07) is 0.264. The first-order valence-electron chi connectivity index (χ1n) is 13.8. The molecule has 0 aliphatic heterocycles. The monoisotopic (exact) mass is 468 g/mol. The van der Waals surface area contributed by atoms with Crippen LogP contribution in [0.4, 0.5) is 0 Å². The summed E-state index contributed by atoms with van der Waals surface area (Å²) in [7, 11) is 0. The average molecular weight is 469 g/mol. The number of unbranched alkanes of at least 4 members (excludes halogenated alkanes) is 2. The molecule has 7 heteroatoms. The SMILES string of the molecule is CC1CC[C@@H](C(C)C)C(NCCCC[C@H](N)C(=O)NCCCNCCCCNCCCN)C1. The van der Waals surface area contributed by atoms with Crippen LogP contribution < -0.4 is 32.7 Å². The number of rotatable bonds is 20. The third-order valence-electron chi connectivity index (χ3n) is 7.05. The predicted molar refractivity (Wildman–Crippen MR) is 141 cm³/mol. The number of amides is 1. The molecule has 0 spiro atoms. The van der Waals surface area contributed by atoms with Gasteiger partial charge in [0.05, 0.1) is 6.04 Å². The Labute approximate surface area is 204 Å². The molecule has 196 valence electrons. The van der Waals surface area contributed by atoms with Crippen LogP contribution in [0.5, 0.6) is 0 Å². The van der Waals surface area contributed by atoms with Crippen LogP contribution in [-0.4, -0.2) is 63.8 Å². The molecule has 1 rings (SSSR count). The molecule has 0 aromatic rings. The summed E-state index contributed by atoms with van der Waals surface area (Å²) in [4.78, 5) is 12.2. The minimum Gasteiger partial charge on any atom is -0.355 e. The van der Waals surface area contributed by atoms with Crippen LogP contribution in [0.15, 0.2) is 0 Å². The molecule has 33 heavy (non-hydrogen) atoms. The molecule has 0 heterocycles. The Balaban J connectivity index is 1.96. The molecule has 1 aliphatic carbocycles. The molecule has 7 nitrogen and oxygen atoms in total. The zero-order valence-corrected chi connectivity index (χ0v) is 22.0. The first-order chi connectivity index (χ1) is 16.0. The van der Waals surface area contributed by atoms with Gasteiger partial charge in [-0.15, -0.1) is 0 Å².